The average Bonchev–Trinajstić information content (AvgIpc) is 2.33. The second kappa shape index (κ2) is 5.59. The summed E-state index contributed by atoms with van der Waals surface area (Å²) in [5.41, 5.74) is 7.51. The first-order valence-electron chi connectivity index (χ1n) is 5.93. The maximum Gasteiger partial charge on any atom is 0.245 e. The molecule has 0 heterocycles. The van der Waals surface area contributed by atoms with Gasteiger partial charge in [-0.05, 0) is 31.9 Å². The zero-order valence-corrected chi connectivity index (χ0v) is 12.5. The van der Waals surface area contributed by atoms with Crippen LogP contribution in [-0.4, -0.2) is 26.3 Å². The number of hydrogen-bond acceptors (Lipinski definition) is 4. The van der Waals surface area contributed by atoms with E-state index in [0.717, 1.165) is 5.56 Å². The summed E-state index contributed by atoms with van der Waals surface area (Å²) in [5.74, 6) is -0.369. The fourth-order valence-corrected chi connectivity index (χ4v) is 3.48. The van der Waals surface area contributed by atoms with Crippen LogP contribution in [0.1, 0.15) is 18.1 Å². The summed E-state index contributed by atoms with van der Waals surface area (Å²) in [6.07, 6.45) is 0. The molecule has 0 fully saturated rings. The molecule has 0 aliphatic heterocycles. The van der Waals surface area contributed by atoms with Crippen molar-refractivity contribution in [2.75, 3.05) is 19.3 Å². The predicted octanol–water partition coefficient (Wildman–Crippen LogP) is 1.67. The quantitative estimate of drug-likeness (QED) is 0.850. The molecule has 0 bridgehead atoms. The van der Waals surface area contributed by atoms with E-state index in [0.29, 0.717) is 5.56 Å². The minimum atomic E-state index is -3.67. The van der Waals surface area contributed by atoms with Gasteiger partial charge in [0.05, 0.1) is 17.7 Å². The van der Waals surface area contributed by atoms with Crippen LogP contribution in [0.5, 0.6) is 0 Å². The van der Waals surface area contributed by atoms with E-state index in [2.05, 4.69) is 0 Å². The lowest BCUT2D eigenvalue weighted by Gasteiger charge is -2.21. The minimum absolute atomic E-state index is 0.139. The smallest absolute Gasteiger partial charge is 0.245 e. The lowest BCUT2D eigenvalue weighted by molar-refractivity contribution is 0.439. The molecule has 0 spiro atoms. The van der Waals surface area contributed by atoms with Crippen molar-refractivity contribution in [1.29, 1.82) is 5.26 Å². The lowest BCUT2D eigenvalue weighted by atomic mass is 10.1. The maximum absolute atomic E-state index is 12.5. The lowest BCUT2D eigenvalue weighted by Crippen LogP contribution is -2.32. The zero-order chi connectivity index (χ0) is 14.8. The van der Waals surface area contributed by atoms with Gasteiger partial charge in [0.2, 0.25) is 10.0 Å². The molecule has 1 unspecified atom stereocenters. The summed E-state index contributed by atoms with van der Waals surface area (Å²) in [6, 6.07) is 5.55. The van der Waals surface area contributed by atoms with E-state index in [4.69, 9.17) is 11.0 Å². The second-order valence-corrected chi connectivity index (χ2v) is 6.74. The average molecular weight is 281 g/mol. The number of benzene rings is 1. The fraction of sp³-hybridized carbons (Fsp3) is 0.462. The number of hydrogen-bond donors (Lipinski definition) is 1. The van der Waals surface area contributed by atoms with Gasteiger partial charge in [0.15, 0.2) is 0 Å². The number of rotatable bonds is 4. The van der Waals surface area contributed by atoms with Gasteiger partial charge in [0.1, 0.15) is 4.90 Å². The highest BCUT2D eigenvalue weighted by Gasteiger charge is 2.27. The van der Waals surface area contributed by atoms with E-state index in [1.54, 1.807) is 32.9 Å². The van der Waals surface area contributed by atoms with Crippen molar-refractivity contribution in [3.63, 3.8) is 0 Å². The van der Waals surface area contributed by atoms with Crippen LogP contribution < -0.4 is 5.73 Å². The van der Waals surface area contributed by atoms with Crippen molar-refractivity contribution >= 4 is 15.7 Å². The van der Waals surface area contributed by atoms with E-state index in [-0.39, 0.29) is 23.0 Å². The van der Waals surface area contributed by atoms with Crippen LogP contribution in [0.25, 0.3) is 0 Å². The Balaban J connectivity index is 3.29. The van der Waals surface area contributed by atoms with E-state index in [1.165, 1.54) is 11.4 Å². The van der Waals surface area contributed by atoms with Crippen molar-refractivity contribution in [2.45, 2.75) is 25.7 Å². The van der Waals surface area contributed by atoms with Gasteiger partial charge in [-0.15, -0.1) is 0 Å². The minimum Gasteiger partial charge on any atom is -0.397 e. The van der Waals surface area contributed by atoms with Crippen LogP contribution in [-0.2, 0) is 10.0 Å². The van der Waals surface area contributed by atoms with Crippen molar-refractivity contribution in [3.05, 3.63) is 23.3 Å². The normalized spacial score (nSPS) is 13.3. The van der Waals surface area contributed by atoms with Crippen LogP contribution in [0.3, 0.4) is 0 Å². The van der Waals surface area contributed by atoms with Gasteiger partial charge >= 0.3 is 0 Å². The summed E-state index contributed by atoms with van der Waals surface area (Å²) in [5, 5.41) is 8.78. The molecule has 1 aromatic rings. The summed E-state index contributed by atoms with van der Waals surface area (Å²) in [7, 11) is -2.21. The molecule has 1 rings (SSSR count). The number of anilines is 1. The van der Waals surface area contributed by atoms with Gasteiger partial charge in [-0.1, -0.05) is 12.1 Å². The number of sulfonamides is 1. The predicted molar refractivity (Wildman–Crippen MR) is 74.9 cm³/mol. The highest BCUT2D eigenvalue weighted by Crippen LogP contribution is 2.28. The second-order valence-electron chi connectivity index (χ2n) is 4.76. The number of nitrogen functional groups attached to an aromatic ring is 1. The molecule has 0 aliphatic rings. The Labute approximate surface area is 114 Å². The third kappa shape index (κ3) is 3.06. The first kappa shape index (κ1) is 15.5. The molecule has 0 saturated heterocycles. The van der Waals surface area contributed by atoms with Gasteiger partial charge in [-0.3, -0.25) is 0 Å². The van der Waals surface area contributed by atoms with Crippen molar-refractivity contribution in [3.8, 4) is 6.07 Å². The summed E-state index contributed by atoms with van der Waals surface area (Å²) in [6.45, 7) is 5.31. The Bertz CT molecular complexity index is 618. The van der Waals surface area contributed by atoms with Crippen molar-refractivity contribution < 1.29 is 8.42 Å². The van der Waals surface area contributed by atoms with Crippen LogP contribution in [0.4, 0.5) is 5.69 Å². The van der Waals surface area contributed by atoms with Crippen molar-refractivity contribution in [1.82, 2.24) is 4.31 Å². The molecule has 5 nitrogen and oxygen atoms in total. The van der Waals surface area contributed by atoms with Gasteiger partial charge in [-0.2, -0.15) is 9.57 Å². The molecular formula is C13H19N3O2S. The van der Waals surface area contributed by atoms with Crippen LogP contribution >= 0.6 is 0 Å². The molecule has 0 saturated carbocycles. The van der Waals surface area contributed by atoms with Gasteiger partial charge in [0, 0.05) is 13.6 Å². The van der Waals surface area contributed by atoms with E-state index in [9.17, 15) is 8.42 Å². The van der Waals surface area contributed by atoms with Crippen molar-refractivity contribution in [2.24, 2.45) is 5.92 Å². The molecule has 0 radical (unpaired) electrons. The molecule has 104 valence electrons. The Kier molecular flexibility index (Phi) is 4.56. The number of nitrogens with two attached hydrogens (primary N) is 1. The first-order chi connectivity index (χ1) is 8.71. The Morgan fingerprint density at radius 2 is 1.89 bits per heavy atom. The Morgan fingerprint density at radius 3 is 2.42 bits per heavy atom. The highest BCUT2D eigenvalue weighted by atomic mass is 32.2. The molecule has 1 aromatic carbocycles. The monoisotopic (exact) mass is 281 g/mol. The third-order valence-corrected chi connectivity index (χ3v) is 5.06. The summed E-state index contributed by atoms with van der Waals surface area (Å²) < 4.78 is 26.2. The van der Waals surface area contributed by atoms with Crippen LogP contribution in [0.2, 0.25) is 0 Å². The van der Waals surface area contributed by atoms with Gasteiger partial charge < -0.3 is 5.73 Å². The molecule has 0 aromatic heterocycles. The molecule has 0 aliphatic carbocycles. The third-order valence-electron chi connectivity index (χ3n) is 3.03. The van der Waals surface area contributed by atoms with Crippen LogP contribution in [0, 0.1) is 31.1 Å². The van der Waals surface area contributed by atoms with Gasteiger partial charge in [-0.25, -0.2) is 8.42 Å². The molecule has 19 heavy (non-hydrogen) atoms. The molecule has 6 heteroatoms. The standard InChI is InChI=1S/C13H19N3O2S/c1-9(7-14)8-16(4)19(17,18)13-11(3)6-5-10(2)12(13)15/h5-6,9H,8,15H2,1-4H3. The first-order valence-corrected chi connectivity index (χ1v) is 7.37. The molecule has 2 N–H and O–H groups in total. The molecular weight excluding hydrogens is 262 g/mol. The highest BCUT2D eigenvalue weighted by molar-refractivity contribution is 7.89. The van der Waals surface area contributed by atoms with Crippen LogP contribution in [0.15, 0.2) is 17.0 Å². The topological polar surface area (TPSA) is 87.2 Å². The van der Waals surface area contributed by atoms with E-state index < -0.39 is 10.0 Å². The molecule has 1 atom stereocenters. The van der Waals surface area contributed by atoms with Gasteiger partial charge in [0.25, 0.3) is 0 Å². The largest absolute Gasteiger partial charge is 0.397 e. The number of nitriles is 1. The fourth-order valence-electron chi connectivity index (χ4n) is 1.83. The Morgan fingerprint density at radius 1 is 1.37 bits per heavy atom. The van der Waals surface area contributed by atoms with E-state index >= 15 is 0 Å². The van der Waals surface area contributed by atoms with E-state index in [1.807, 2.05) is 6.07 Å². The zero-order valence-electron chi connectivity index (χ0n) is 11.6. The maximum atomic E-state index is 12.5. The number of nitrogens with zero attached hydrogens (tertiary/aromatic N) is 2. The summed E-state index contributed by atoms with van der Waals surface area (Å²) >= 11 is 0. The summed E-state index contributed by atoms with van der Waals surface area (Å²) in [4.78, 5) is 0.139. The number of aryl methyl sites for hydroxylation is 2. The Hall–Kier alpha value is -1.58. The SMILES string of the molecule is Cc1ccc(C)c(S(=O)(=O)N(C)CC(C)C#N)c1N. The molecule has 0 amide bonds.